The summed E-state index contributed by atoms with van der Waals surface area (Å²) in [6.07, 6.45) is 2.05. The number of aliphatic carboxylic acids is 1. The third-order valence-electron chi connectivity index (χ3n) is 5.35. The number of carboxylic acids is 1. The van der Waals surface area contributed by atoms with Crippen LogP contribution in [0.3, 0.4) is 0 Å². The minimum absolute atomic E-state index is 0.0838. The summed E-state index contributed by atoms with van der Waals surface area (Å²) in [5, 5.41) is 15.5. The van der Waals surface area contributed by atoms with Crippen molar-refractivity contribution >= 4 is 34.6 Å². The average Bonchev–Trinajstić information content (AvgIpc) is 3.39. The van der Waals surface area contributed by atoms with Crippen molar-refractivity contribution < 1.29 is 19.1 Å². The van der Waals surface area contributed by atoms with Gasteiger partial charge in [-0.3, -0.25) is 4.79 Å². The molecule has 1 aliphatic carbocycles. The molecule has 0 bridgehead atoms. The number of carbonyl (C=O) groups is 2. The van der Waals surface area contributed by atoms with Gasteiger partial charge in [-0.05, 0) is 43.2 Å². The first kappa shape index (κ1) is 20.4. The number of aromatic nitrogens is 3. The van der Waals surface area contributed by atoms with Gasteiger partial charge in [0.05, 0.1) is 0 Å². The van der Waals surface area contributed by atoms with Crippen LogP contribution in [0.2, 0.25) is 0 Å². The van der Waals surface area contributed by atoms with E-state index in [2.05, 4.69) is 25.6 Å². The number of hydrogen-bond donors (Lipinski definition) is 3. The number of nitrogens with one attached hydrogen (secondary N) is 2. The van der Waals surface area contributed by atoms with E-state index in [4.69, 9.17) is 4.42 Å². The number of oxazole rings is 1. The Morgan fingerprint density at radius 2 is 1.79 bits per heavy atom. The van der Waals surface area contributed by atoms with Crippen molar-refractivity contribution in [2.45, 2.75) is 19.4 Å². The lowest BCUT2D eigenvalue weighted by atomic mass is 10.1. The van der Waals surface area contributed by atoms with Gasteiger partial charge in [0.1, 0.15) is 6.33 Å². The van der Waals surface area contributed by atoms with E-state index in [1.165, 1.54) is 6.33 Å². The first-order valence-corrected chi connectivity index (χ1v) is 10.3. The quantitative estimate of drug-likeness (QED) is 0.389. The maximum absolute atomic E-state index is 12.1. The van der Waals surface area contributed by atoms with Crippen LogP contribution in [0.15, 0.2) is 76.5 Å². The Balaban J connectivity index is 1.40. The number of hydrogen-bond acceptors (Lipinski definition) is 7. The maximum atomic E-state index is 12.1. The summed E-state index contributed by atoms with van der Waals surface area (Å²) >= 11 is 0. The summed E-state index contributed by atoms with van der Waals surface area (Å²) < 4.78 is 5.78. The Labute approximate surface area is 188 Å². The largest absolute Gasteiger partial charge is 0.479 e. The normalized spacial score (nSPS) is 13.6. The first-order chi connectivity index (χ1) is 16.0. The van der Waals surface area contributed by atoms with Gasteiger partial charge in [-0.2, -0.15) is 4.98 Å². The van der Waals surface area contributed by atoms with Gasteiger partial charge < -0.3 is 20.2 Å². The zero-order valence-electron chi connectivity index (χ0n) is 17.6. The van der Waals surface area contributed by atoms with Crippen LogP contribution >= 0.6 is 0 Å². The highest BCUT2D eigenvalue weighted by Crippen LogP contribution is 2.32. The van der Waals surface area contributed by atoms with Crippen molar-refractivity contribution in [1.29, 1.82) is 0 Å². The SMILES string of the molecule is CC1=C(C(=O)Nc2ccc(-c3nc4c(N[C@H](C(=O)O)c5ccccc5)ncnc4o3)cc2)C1. The Hall–Kier alpha value is -4.53. The van der Waals surface area contributed by atoms with Gasteiger partial charge in [0.15, 0.2) is 17.4 Å². The van der Waals surface area contributed by atoms with Gasteiger partial charge >= 0.3 is 5.97 Å². The number of rotatable bonds is 7. The van der Waals surface area contributed by atoms with Crippen molar-refractivity contribution in [2.75, 3.05) is 10.6 Å². The molecule has 2 heterocycles. The number of fused-ring (bicyclic) bond motifs is 1. The van der Waals surface area contributed by atoms with Crippen LogP contribution in [-0.2, 0) is 9.59 Å². The average molecular weight is 441 g/mol. The molecule has 9 nitrogen and oxygen atoms in total. The molecule has 5 rings (SSSR count). The molecule has 0 saturated heterocycles. The van der Waals surface area contributed by atoms with Crippen molar-refractivity contribution in [3.63, 3.8) is 0 Å². The predicted molar refractivity (Wildman–Crippen MR) is 121 cm³/mol. The Kier molecular flexibility index (Phi) is 5.06. The molecular formula is C24H19N5O4. The fourth-order valence-corrected chi connectivity index (χ4v) is 3.45. The highest BCUT2D eigenvalue weighted by atomic mass is 16.4. The van der Waals surface area contributed by atoms with Crippen LogP contribution in [0, 0.1) is 0 Å². The molecule has 1 amide bonds. The van der Waals surface area contributed by atoms with E-state index in [1.807, 2.05) is 13.0 Å². The van der Waals surface area contributed by atoms with Gasteiger partial charge in [0, 0.05) is 16.8 Å². The predicted octanol–water partition coefficient (Wildman–Crippen LogP) is 4.18. The van der Waals surface area contributed by atoms with E-state index in [0.29, 0.717) is 28.2 Å². The summed E-state index contributed by atoms with van der Waals surface area (Å²) in [5.41, 5.74) is 4.41. The summed E-state index contributed by atoms with van der Waals surface area (Å²) in [6, 6.07) is 14.9. The molecule has 0 saturated carbocycles. The maximum Gasteiger partial charge on any atom is 0.330 e. The summed E-state index contributed by atoms with van der Waals surface area (Å²) in [5.74, 6) is -0.576. The number of nitrogens with zero attached hydrogens (tertiary/aromatic N) is 3. The van der Waals surface area contributed by atoms with Crippen LogP contribution in [0.25, 0.3) is 22.7 Å². The lowest BCUT2D eigenvalue weighted by molar-refractivity contribution is -0.138. The first-order valence-electron chi connectivity index (χ1n) is 10.3. The van der Waals surface area contributed by atoms with Crippen LogP contribution in [0.1, 0.15) is 24.9 Å². The number of carboxylic acid groups (broad SMARTS) is 1. The zero-order chi connectivity index (χ0) is 22.9. The number of anilines is 2. The molecule has 164 valence electrons. The number of carbonyl (C=O) groups excluding carboxylic acids is 1. The Morgan fingerprint density at radius 3 is 2.45 bits per heavy atom. The van der Waals surface area contributed by atoms with Gasteiger partial charge in [0.25, 0.3) is 11.6 Å². The second kappa shape index (κ2) is 8.19. The van der Waals surface area contributed by atoms with Gasteiger partial charge in [-0.15, -0.1) is 0 Å². The third-order valence-corrected chi connectivity index (χ3v) is 5.35. The zero-order valence-corrected chi connectivity index (χ0v) is 17.6. The molecule has 0 radical (unpaired) electrons. The molecule has 9 heteroatoms. The number of allylic oxidation sites excluding steroid dienone is 1. The van der Waals surface area contributed by atoms with Crippen LogP contribution in [0.5, 0.6) is 0 Å². The highest BCUT2D eigenvalue weighted by molar-refractivity contribution is 6.07. The molecule has 33 heavy (non-hydrogen) atoms. The molecule has 3 N–H and O–H groups in total. The fraction of sp³-hybridized carbons (Fsp3) is 0.125. The van der Waals surface area contributed by atoms with E-state index in [0.717, 1.165) is 17.6 Å². The molecule has 1 aliphatic rings. The lowest BCUT2D eigenvalue weighted by Crippen LogP contribution is -2.21. The molecule has 2 aromatic carbocycles. The van der Waals surface area contributed by atoms with E-state index < -0.39 is 12.0 Å². The minimum atomic E-state index is -1.05. The highest BCUT2D eigenvalue weighted by Gasteiger charge is 2.25. The number of benzene rings is 2. The van der Waals surface area contributed by atoms with Crippen molar-refractivity contribution in [3.05, 3.63) is 77.6 Å². The Bertz CT molecular complexity index is 1390. The third kappa shape index (κ3) is 4.16. The number of amides is 1. The van der Waals surface area contributed by atoms with E-state index >= 15 is 0 Å². The molecule has 0 spiro atoms. The van der Waals surface area contributed by atoms with Gasteiger partial charge in [0.2, 0.25) is 5.89 Å². The van der Waals surface area contributed by atoms with E-state index in [9.17, 15) is 14.7 Å². The second-order valence-electron chi connectivity index (χ2n) is 7.69. The Morgan fingerprint density at radius 1 is 1.06 bits per heavy atom. The van der Waals surface area contributed by atoms with Crippen LogP contribution in [0.4, 0.5) is 11.5 Å². The van der Waals surface area contributed by atoms with Crippen LogP contribution < -0.4 is 10.6 Å². The fourth-order valence-electron chi connectivity index (χ4n) is 3.45. The van der Waals surface area contributed by atoms with Gasteiger partial charge in [-0.1, -0.05) is 35.9 Å². The topological polar surface area (TPSA) is 130 Å². The summed E-state index contributed by atoms with van der Waals surface area (Å²) in [4.78, 5) is 36.7. The smallest absolute Gasteiger partial charge is 0.330 e. The molecule has 4 aromatic rings. The van der Waals surface area contributed by atoms with Crippen LogP contribution in [-0.4, -0.2) is 31.9 Å². The summed E-state index contributed by atoms with van der Waals surface area (Å²) in [7, 11) is 0. The minimum Gasteiger partial charge on any atom is -0.479 e. The van der Waals surface area contributed by atoms with Gasteiger partial charge in [-0.25, -0.2) is 14.8 Å². The second-order valence-corrected chi connectivity index (χ2v) is 7.69. The van der Waals surface area contributed by atoms with Crippen molar-refractivity contribution in [3.8, 4) is 11.5 Å². The molecule has 0 fully saturated rings. The van der Waals surface area contributed by atoms with Crippen molar-refractivity contribution in [2.24, 2.45) is 0 Å². The van der Waals surface area contributed by atoms with E-state index in [-0.39, 0.29) is 17.4 Å². The monoisotopic (exact) mass is 441 g/mol. The summed E-state index contributed by atoms with van der Waals surface area (Å²) in [6.45, 7) is 1.94. The van der Waals surface area contributed by atoms with E-state index in [1.54, 1.807) is 48.5 Å². The molecule has 1 atom stereocenters. The lowest BCUT2D eigenvalue weighted by Gasteiger charge is -2.15. The van der Waals surface area contributed by atoms with Crippen molar-refractivity contribution in [1.82, 2.24) is 15.0 Å². The molecular weight excluding hydrogens is 422 g/mol. The molecule has 2 aromatic heterocycles. The molecule has 0 unspecified atom stereocenters. The molecule has 0 aliphatic heterocycles. The standard InChI is InChI=1S/C24H19N5O4/c1-13-11-17(13)21(30)27-16-9-7-15(8-10-16)22-29-19-20(25-12-26-23(19)33-22)28-18(24(31)32)14-5-3-2-4-6-14/h2-10,12,18H,11H2,1H3,(H,27,30)(H,31,32)(H,25,26,28)/t18-/m0/s1.